The van der Waals surface area contributed by atoms with Crippen LogP contribution in [-0.2, 0) is 4.74 Å². The maximum Gasteiger partial charge on any atom is 0.206 e. The molecule has 1 aromatic carbocycles. The van der Waals surface area contributed by atoms with Gasteiger partial charge in [0.15, 0.2) is 0 Å². The van der Waals surface area contributed by atoms with Gasteiger partial charge in [-0.15, -0.1) is 0 Å². The molecular weight excluding hydrogens is 423 g/mol. The number of imidazole rings is 1. The molecule has 0 amide bonds. The molecule has 2 atom stereocenters. The highest BCUT2D eigenvalue weighted by Gasteiger charge is 2.31. The minimum atomic E-state index is -0.467. The van der Waals surface area contributed by atoms with E-state index < -0.39 is 6.23 Å². The average molecular weight is 453 g/mol. The number of aliphatic hydroxyl groups is 1. The van der Waals surface area contributed by atoms with Crippen LogP contribution in [0.5, 0.6) is 0 Å². The Kier molecular flexibility index (Phi) is 6.13. The molecule has 3 aliphatic rings. The van der Waals surface area contributed by atoms with Gasteiger partial charge in [0.2, 0.25) is 5.95 Å². The SMILES string of the molecule is OC(NC1CCOC1)C1CCN(c2nc3cc(Cl)c(Cl)cc3n2C2CCCC2)CC1. The molecule has 0 spiro atoms. The predicted molar refractivity (Wildman–Crippen MR) is 121 cm³/mol. The number of rotatable bonds is 5. The summed E-state index contributed by atoms with van der Waals surface area (Å²) in [5.41, 5.74) is 1.99. The third-order valence-corrected chi connectivity index (χ3v) is 7.73. The number of halogens is 2. The van der Waals surface area contributed by atoms with Crippen LogP contribution in [-0.4, -0.2) is 53.2 Å². The molecule has 30 heavy (non-hydrogen) atoms. The van der Waals surface area contributed by atoms with Gasteiger partial charge < -0.3 is 19.3 Å². The number of aromatic nitrogens is 2. The van der Waals surface area contributed by atoms with Crippen LogP contribution in [0.4, 0.5) is 5.95 Å². The Labute approximate surface area is 187 Å². The molecule has 6 nitrogen and oxygen atoms in total. The van der Waals surface area contributed by atoms with Gasteiger partial charge in [0.05, 0.1) is 27.7 Å². The molecule has 164 valence electrons. The van der Waals surface area contributed by atoms with E-state index in [0.29, 0.717) is 22.7 Å². The second-order valence-electron chi connectivity index (χ2n) is 8.97. The molecule has 3 fully saturated rings. The summed E-state index contributed by atoms with van der Waals surface area (Å²) in [5.74, 6) is 1.29. The van der Waals surface area contributed by atoms with Crippen molar-refractivity contribution in [3.63, 3.8) is 0 Å². The van der Waals surface area contributed by atoms with E-state index in [1.807, 2.05) is 12.1 Å². The van der Waals surface area contributed by atoms with Crippen molar-refractivity contribution in [3.8, 4) is 0 Å². The smallest absolute Gasteiger partial charge is 0.206 e. The van der Waals surface area contributed by atoms with Crippen LogP contribution in [0.15, 0.2) is 12.1 Å². The first kappa shape index (κ1) is 20.8. The van der Waals surface area contributed by atoms with Crippen LogP contribution in [0, 0.1) is 5.92 Å². The van der Waals surface area contributed by atoms with Crippen LogP contribution in [0.25, 0.3) is 11.0 Å². The largest absolute Gasteiger partial charge is 0.380 e. The van der Waals surface area contributed by atoms with Gasteiger partial charge in [-0.2, -0.15) is 0 Å². The number of nitrogens with zero attached hydrogens (tertiary/aromatic N) is 3. The molecular formula is C22H30Cl2N4O2. The van der Waals surface area contributed by atoms with Crippen molar-refractivity contribution in [2.24, 2.45) is 5.92 Å². The van der Waals surface area contributed by atoms with E-state index >= 15 is 0 Å². The summed E-state index contributed by atoms with van der Waals surface area (Å²) in [6.45, 7) is 3.27. The molecule has 2 aromatic rings. The molecule has 5 rings (SSSR count). The fourth-order valence-corrected chi connectivity index (χ4v) is 5.60. The third-order valence-electron chi connectivity index (χ3n) is 7.01. The van der Waals surface area contributed by atoms with Crippen molar-refractivity contribution in [3.05, 3.63) is 22.2 Å². The predicted octanol–water partition coefficient (Wildman–Crippen LogP) is 4.37. The van der Waals surface area contributed by atoms with E-state index in [1.165, 1.54) is 25.7 Å². The Hall–Kier alpha value is -1.05. The number of hydrogen-bond donors (Lipinski definition) is 2. The zero-order valence-electron chi connectivity index (χ0n) is 17.2. The van der Waals surface area contributed by atoms with Crippen molar-refractivity contribution >= 4 is 40.2 Å². The molecule has 3 heterocycles. The number of fused-ring (bicyclic) bond motifs is 1. The summed E-state index contributed by atoms with van der Waals surface area (Å²) < 4.78 is 7.81. The van der Waals surface area contributed by atoms with Gasteiger partial charge in [-0.25, -0.2) is 4.98 Å². The van der Waals surface area contributed by atoms with Gasteiger partial charge in [-0.05, 0) is 44.2 Å². The number of benzene rings is 1. The first-order chi connectivity index (χ1) is 14.6. The number of aliphatic hydroxyl groups excluding tert-OH is 1. The van der Waals surface area contributed by atoms with Crippen LogP contribution in [0.2, 0.25) is 10.0 Å². The van der Waals surface area contributed by atoms with Gasteiger partial charge in [-0.3, -0.25) is 5.32 Å². The first-order valence-electron chi connectivity index (χ1n) is 11.2. The van der Waals surface area contributed by atoms with Crippen molar-refractivity contribution in [2.75, 3.05) is 31.2 Å². The minimum absolute atomic E-state index is 0.259. The Morgan fingerprint density at radius 1 is 1.07 bits per heavy atom. The quantitative estimate of drug-likeness (QED) is 0.659. The van der Waals surface area contributed by atoms with E-state index in [1.54, 1.807) is 0 Å². The number of nitrogens with one attached hydrogen (secondary N) is 1. The normalized spacial score (nSPS) is 24.9. The maximum absolute atomic E-state index is 10.7. The summed E-state index contributed by atoms with van der Waals surface area (Å²) in [6.07, 6.45) is 7.28. The van der Waals surface area contributed by atoms with Crippen molar-refractivity contribution in [2.45, 2.75) is 63.3 Å². The van der Waals surface area contributed by atoms with Crippen LogP contribution in [0.1, 0.15) is 51.0 Å². The van der Waals surface area contributed by atoms with E-state index in [2.05, 4.69) is 14.8 Å². The van der Waals surface area contributed by atoms with Crippen molar-refractivity contribution in [1.29, 1.82) is 0 Å². The van der Waals surface area contributed by atoms with Crippen LogP contribution >= 0.6 is 23.2 Å². The fraction of sp³-hybridized carbons (Fsp3) is 0.682. The summed E-state index contributed by atoms with van der Waals surface area (Å²) in [6, 6.07) is 4.60. The molecule has 1 aliphatic carbocycles. The monoisotopic (exact) mass is 452 g/mol. The fourth-order valence-electron chi connectivity index (χ4n) is 5.28. The highest BCUT2D eigenvalue weighted by molar-refractivity contribution is 6.42. The average Bonchev–Trinajstić information content (AvgIpc) is 3.49. The lowest BCUT2D eigenvalue weighted by Crippen LogP contribution is -2.47. The van der Waals surface area contributed by atoms with E-state index in [0.717, 1.165) is 55.9 Å². The van der Waals surface area contributed by atoms with Crippen LogP contribution in [0.3, 0.4) is 0 Å². The molecule has 0 radical (unpaired) electrons. The minimum Gasteiger partial charge on any atom is -0.380 e. The Bertz CT molecular complexity index is 885. The first-order valence-corrected chi connectivity index (χ1v) is 12.0. The summed E-state index contributed by atoms with van der Waals surface area (Å²) in [7, 11) is 0. The lowest BCUT2D eigenvalue weighted by molar-refractivity contribution is 0.0483. The Morgan fingerprint density at radius 3 is 2.50 bits per heavy atom. The maximum atomic E-state index is 10.7. The topological polar surface area (TPSA) is 62.5 Å². The van der Waals surface area contributed by atoms with Gasteiger partial charge in [0.25, 0.3) is 0 Å². The van der Waals surface area contributed by atoms with Crippen molar-refractivity contribution in [1.82, 2.24) is 14.9 Å². The molecule has 0 bridgehead atoms. The summed E-state index contributed by atoms with van der Waals surface area (Å²) >= 11 is 12.6. The molecule has 2 N–H and O–H groups in total. The molecule has 2 aliphatic heterocycles. The van der Waals surface area contributed by atoms with Gasteiger partial charge in [-0.1, -0.05) is 36.0 Å². The highest BCUT2D eigenvalue weighted by atomic mass is 35.5. The van der Waals surface area contributed by atoms with Gasteiger partial charge in [0.1, 0.15) is 6.23 Å². The lowest BCUT2D eigenvalue weighted by Gasteiger charge is -2.36. The number of piperidine rings is 1. The zero-order valence-corrected chi connectivity index (χ0v) is 18.7. The number of ether oxygens (including phenoxy) is 1. The second kappa shape index (κ2) is 8.83. The van der Waals surface area contributed by atoms with Crippen molar-refractivity contribution < 1.29 is 9.84 Å². The zero-order chi connectivity index (χ0) is 20.7. The standard InChI is InChI=1S/C22H30Cl2N4O2/c23-17-11-19-20(12-18(17)24)28(16-3-1-2-4-16)22(26-19)27-8-5-14(6-9-27)21(29)25-15-7-10-30-13-15/h11-12,14-16,21,25,29H,1-10,13H2. The molecule has 2 saturated heterocycles. The second-order valence-corrected chi connectivity index (χ2v) is 9.79. The summed E-state index contributed by atoms with van der Waals surface area (Å²) in [5, 5.41) is 15.1. The highest BCUT2D eigenvalue weighted by Crippen LogP contribution is 2.39. The van der Waals surface area contributed by atoms with E-state index in [4.69, 9.17) is 32.9 Å². The molecule has 1 saturated carbocycles. The van der Waals surface area contributed by atoms with Crippen LogP contribution < -0.4 is 10.2 Å². The van der Waals surface area contributed by atoms with E-state index in [-0.39, 0.29) is 12.0 Å². The number of hydrogen-bond acceptors (Lipinski definition) is 5. The van der Waals surface area contributed by atoms with Gasteiger partial charge in [0, 0.05) is 37.7 Å². The molecule has 1 aromatic heterocycles. The molecule has 2 unspecified atom stereocenters. The molecule has 8 heteroatoms. The Morgan fingerprint density at radius 2 is 1.80 bits per heavy atom. The Balaban J connectivity index is 1.35. The summed E-state index contributed by atoms with van der Waals surface area (Å²) in [4.78, 5) is 7.36. The lowest BCUT2D eigenvalue weighted by atomic mass is 9.94. The third kappa shape index (κ3) is 4.05. The van der Waals surface area contributed by atoms with E-state index in [9.17, 15) is 5.11 Å². The number of anilines is 1. The van der Waals surface area contributed by atoms with Gasteiger partial charge >= 0.3 is 0 Å².